The van der Waals surface area contributed by atoms with Crippen molar-refractivity contribution in [3.05, 3.63) is 35.1 Å². The third kappa shape index (κ3) is 3.72. The first kappa shape index (κ1) is 14.4. The maximum Gasteiger partial charge on any atom is 0.123 e. The molecule has 1 fully saturated rings. The van der Waals surface area contributed by atoms with Gasteiger partial charge in [0.15, 0.2) is 0 Å². The van der Waals surface area contributed by atoms with Crippen molar-refractivity contribution in [1.82, 2.24) is 4.90 Å². The van der Waals surface area contributed by atoms with E-state index in [4.69, 9.17) is 22.7 Å². The Balaban J connectivity index is 2.18. The van der Waals surface area contributed by atoms with E-state index in [1.54, 1.807) is 6.07 Å². The molecule has 1 aromatic carbocycles. The zero-order valence-corrected chi connectivity index (χ0v) is 12.1. The fourth-order valence-electron chi connectivity index (χ4n) is 2.42. The number of halogens is 1. The van der Waals surface area contributed by atoms with Crippen LogP contribution < -0.4 is 5.73 Å². The van der Waals surface area contributed by atoms with E-state index in [1.807, 2.05) is 0 Å². The second-order valence-electron chi connectivity index (χ2n) is 5.48. The maximum absolute atomic E-state index is 13.4. The summed E-state index contributed by atoms with van der Waals surface area (Å²) in [6.45, 7) is 7.07. The lowest BCUT2D eigenvalue weighted by molar-refractivity contribution is -0.0882. The van der Waals surface area contributed by atoms with E-state index >= 15 is 0 Å². The molecule has 0 bridgehead atoms. The van der Waals surface area contributed by atoms with E-state index in [0.29, 0.717) is 18.1 Å². The Bertz CT molecular complexity index is 490. The Morgan fingerprint density at radius 3 is 2.89 bits per heavy atom. The van der Waals surface area contributed by atoms with E-state index in [0.717, 1.165) is 24.2 Å². The minimum Gasteiger partial charge on any atom is -0.389 e. The molecule has 5 heteroatoms. The maximum atomic E-state index is 13.4. The average Bonchev–Trinajstić information content (AvgIpc) is 2.27. The van der Waals surface area contributed by atoms with Crippen LogP contribution in [0.15, 0.2) is 18.2 Å². The highest BCUT2D eigenvalue weighted by Crippen LogP contribution is 2.20. The predicted molar refractivity (Wildman–Crippen MR) is 77.6 cm³/mol. The average molecular weight is 282 g/mol. The molecule has 1 aliphatic heterocycles. The largest absolute Gasteiger partial charge is 0.389 e. The van der Waals surface area contributed by atoms with Crippen molar-refractivity contribution < 1.29 is 9.13 Å². The number of hydrogen-bond donors (Lipinski definition) is 1. The van der Waals surface area contributed by atoms with Crippen LogP contribution in [-0.2, 0) is 11.3 Å². The molecule has 2 rings (SSSR count). The van der Waals surface area contributed by atoms with Gasteiger partial charge in [0.05, 0.1) is 12.2 Å². The van der Waals surface area contributed by atoms with Gasteiger partial charge in [0.2, 0.25) is 0 Å². The third-order valence-electron chi connectivity index (χ3n) is 3.23. The van der Waals surface area contributed by atoms with Gasteiger partial charge in [-0.05, 0) is 37.6 Å². The van der Waals surface area contributed by atoms with Crippen LogP contribution in [0.3, 0.4) is 0 Å². The summed E-state index contributed by atoms with van der Waals surface area (Å²) in [5, 5.41) is 0. The molecular formula is C14H19FN2OS. The van der Waals surface area contributed by atoms with Gasteiger partial charge < -0.3 is 10.5 Å². The molecule has 1 aliphatic rings. The van der Waals surface area contributed by atoms with Gasteiger partial charge in [0.1, 0.15) is 10.8 Å². The molecule has 0 atom stereocenters. The number of ether oxygens (including phenoxy) is 1. The quantitative estimate of drug-likeness (QED) is 0.861. The lowest BCUT2D eigenvalue weighted by atomic mass is 10.0. The lowest BCUT2D eigenvalue weighted by Gasteiger charge is -2.38. The summed E-state index contributed by atoms with van der Waals surface area (Å²) in [5.74, 6) is -0.262. The zero-order valence-electron chi connectivity index (χ0n) is 11.3. The first-order valence-electron chi connectivity index (χ1n) is 6.32. The molecule has 0 spiro atoms. The molecule has 0 radical (unpaired) electrons. The van der Waals surface area contributed by atoms with Gasteiger partial charge in [0, 0.05) is 25.2 Å². The number of nitrogens with zero attached hydrogens (tertiary/aromatic N) is 1. The van der Waals surface area contributed by atoms with Crippen molar-refractivity contribution in [2.24, 2.45) is 5.73 Å². The molecule has 0 aliphatic carbocycles. The minimum absolute atomic E-state index is 0.172. The molecule has 0 aromatic heterocycles. The fraction of sp³-hybridized carbons (Fsp3) is 0.500. The number of thiocarbonyl (C=S) groups is 1. The molecule has 3 nitrogen and oxygen atoms in total. The number of hydrogen-bond acceptors (Lipinski definition) is 3. The monoisotopic (exact) mass is 282 g/mol. The van der Waals surface area contributed by atoms with Gasteiger partial charge in [-0.2, -0.15) is 0 Å². The van der Waals surface area contributed by atoms with Crippen LogP contribution in [0.2, 0.25) is 0 Å². The Hall–Kier alpha value is -1.04. The van der Waals surface area contributed by atoms with Gasteiger partial charge in [-0.3, -0.25) is 4.90 Å². The standard InChI is InChI=1S/C14H19FN2OS/c1-14(2)9-17(5-6-18-14)8-10-7-11(15)3-4-12(10)13(16)19/h3-4,7H,5-6,8-9H2,1-2H3,(H2,16,19). The molecule has 0 unspecified atom stereocenters. The summed E-state index contributed by atoms with van der Waals surface area (Å²) in [6, 6.07) is 4.55. The highest BCUT2D eigenvalue weighted by atomic mass is 32.1. The van der Waals surface area contributed by atoms with Crippen molar-refractivity contribution in [2.75, 3.05) is 19.7 Å². The Labute approximate surface area is 118 Å². The van der Waals surface area contributed by atoms with E-state index in [2.05, 4.69) is 18.7 Å². The third-order valence-corrected chi connectivity index (χ3v) is 3.45. The number of nitrogens with two attached hydrogens (primary N) is 1. The van der Waals surface area contributed by atoms with E-state index in [-0.39, 0.29) is 11.4 Å². The predicted octanol–water partition coefficient (Wildman–Crippen LogP) is 2.07. The Morgan fingerprint density at radius 1 is 1.53 bits per heavy atom. The molecule has 1 aromatic rings. The SMILES string of the molecule is CC1(C)CN(Cc2cc(F)ccc2C(N)=S)CCO1. The summed E-state index contributed by atoms with van der Waals surface area (Å²) < 4.78 is 19.1. The number of rotatable bonds is 3. The van der Waals surface area contributed by atoms with E-state index in [1.165, 1.54) is 12.1 Å². The van der Waals surface area contributed by atoms with Crippen molar-refractivity contribution in [3.8, 4) is 0 Å². The second-order valence-corrected chi connectivity index (χ2v) is 5.92. The highest BCUT2D eigenvalue weighted by Gasteiger charge is 2.27. The first-order valence-corrected chi connectivity index (χ1v) is 6.73. The topological polar surface area (TPSA) is 38.5 Å². The van der Waals surface area contributed by atoms with Crippen molar-refractivity contribution >= 4 is 17.2 Å². The van der Waals surface area contributed by atoms with Crippen LogP contribution in [0, 0.1) is 5.82 Å². The smallest absolute Gasteiger partial charge is 0.123 e. The Kier molecular flexibility index (Phi) is 4.18. The number of benzene rings is 1. The molecule has 2 N–H and O–H groups in total. The minimum atomic E-state index is -0.262. The molecule has 104 valence electrons. The highest BCUT2D eigenvalue weighted by molar-refractivity contribution is 7.80. The summed E-state index contributed by atoms with van der Waals surface area (Å²) in [6.07, 6.45) is 0. The van der Waals surface area contributed by atoms with Gasteiger partial charge in [-0.1, -0.05) is 12.2 Å². The number of morpholine rings is 1. The van der Waals surface area contributed by atoms with Crippen LogP contribution >= 0.6 is 12.2 Å². The summed E-state index contributed by atoms with van der Waals surface area (Å²) in [7, 11) is 0. The van der Waals surface area contributed by atoms with Crippen LogP contribution in [-0.4, -0.2) is 35.2 Å². The van der Waals surface area contributed by atoms with E-state index in [9.17, 15) is 4.39 Å². The van der Waals surface area contributed by atoms with Gasteiger partial charge in [0.25, 0.3) is 0 Å². The van der Waals surface area contributed by atoms with Gasteiger partial charge in [-0.15, -0.1) is 0 Å². The molecule has 1 saturated heterocycles. The second kappa shape index (κ2) is 5.53. The van der Waals surface area contributed by atoms with Crippen molar-refractivity contribution in [2.45, 2.75) is 26.0 Å². The molecule has 1 heterocycles. The summed E-state index contributed by atoms with van der Waals surface area (Å²) in [4.78, 5) is 2.54. The van der Waals surface area contributed by atoms with Crippen molar-refractivity contribution in [3.63, 3.8) is 0 Å². The van der Waals surface area contributed by atoms with Crippen molar-refractivity contribution in [1.29, 1.82) is 0 Å². The lowest BCUT2D eigenvalue weighted by Crippen LogP contribution is -2.47. The summed E-state index contributed by atoms with van der Waals surface area (Å²) in [5.41, 5.74) is 7.11. The van der Waals surface area contributed by atoms with E-state index < -0.39 is 0 Å². The summed E-state index contributed by atoms with van der Waals surface area (Å²) >= 11 is 5.02. The Morgan fingerprint density at radius 2 is 2.26 bits per heavy atom. The molecular weight excluding hydrogens is 263 g/mol. The van der Waals surface area contributed by atoms with Crippen LogP contribution in [0.5, 0.6) is 0 Å². The van der Waals surface area contributed by atoms with Crippen LogP contribution in [0.1, 0.15) is 25.0 Å². The van der Waals surface area contributed by atoms with Crippen LogP contribution in [0.4, 0.5) is 4.39 Å². The van der Waals surface area contributed by atoms with Crippen LogP contribution in [0.25, 0.3) is 0 Å². The fourth-order valence-corrected chi connectivity index (χ4v) is 2.62. The normalized spacial score (nSPS) is 19.3. The van der Waals surface area contributed by atoms with Gasteiger partial charge >= 0.3 is 0 Å². The molecule has 19 heavy (non-hydrogen) atoms. The molecule has 0 amide bonds. The first-order chi connectivity index (χ1) is 8.87. The molecule has 0 saturated carbocycles. The van der Waals surface area contributed by atoms with Gasteiger partial charge in [-0.25, -0.2) is 4.39 Å². The zero-order chi connectivity index (χ0) is 14.0.